The molecule has 1 aliphatic carbocycles. The van der Waals surface area contributed by atoms with E-state index in [-0.39, 0.29) is 18.1 Å². The molecule has 0 unspecified atom stereocenters. The monoisotopic (exact) mass is 157 g/mol. The van der Waals surface area contributed by atoms with Gasteiger partial charge in [-0.15, -0.1) is 0 Å². The van der Waals surface area contributed by atoms with Crippen LogP contribution in [0.25, 0.3) is 0 Å². The predicted molar refractivity (Wildman–Crippen MR) is 44.1 cm³/mol. The average Bonchev–Trinajstić information content (AvgIpc) is 2.16. The molecule has 0 aromatic carbocycles. The topological polar surface area (TPSA) is 29.5 Å². The molecule has 0 saturated heterocycles. The fourth-order valence-corrected chi connectivity index (χ4v) is 1.67. The van der Waals surface area contributed by atoms with Crippen molar-refractivity contribution < 1.29 is 9.84 Å². The number of hydrogen-bond donors (Lipinski definition) is 1. The second-order valence-corrected chi connectivity index (χ2v) is 3.29. The van der Waals surface area contributed by atoms with Crippen molar-refractivity contribution in [3.8, 4) is 0 Å². The van der Waals surface area contributed by atoms with Gasteiger partial charge < -0.3 is 9.84 Å². The molecule has 0 aromatic heterocycles. The zero-order chi connectivity index (χ0) is 8.27. The zero-order valence-electron chi connectivity index (χ0n) is 7.12. The van der Waals surface area contributed by atoms with Gasteiger partial charge in [-0.2, -0.15) is 0 Å². The number of aliphatic hydroxyl groups is 1. The summed E-state index contributed by atoms with van der Waals surface area (Å²) in [6.45, 7) is 3.92. The SMILES string of the molecule is [CH2][C@@H]1[C@H](O)CCCC[C@H]1OC. The first-order valence-electron chi connectivity index (χ1n) is 4.29. The van der Waals surface area contributed by atoms with Crippen molar-refractivity contribution in [2.75, 3.05) is 7.11 Å². The van der Waals surface area contributed by atoms with Gasteiger partial charge in [0.15, 0.2) is 0 Å². The van der Waals surface area contributed by atoms with Crippen LogP contribution in [0, 0.1) is 12.8 Å². The molecule has 1 fully saturated rings. The molecule has 1 radical (unpaired) electrons. The summed E-state index contributed by atoms with van der Waals surface area (Å²) in [5.41, 5.74) is 0. The summed E-state index contributed by atoms with van der Waals surface area (Å²) >= 11 is 0. The third kappa shape index (κ3) is 2.17. The molecular formula is C9H17O2. The Bertz CT molecular complexity index is 114. The van der Waals surface area contributed by atoms with E-state index in [1.807, 2.05) is 0 Å². The average molecular weight is 157 g/mol. The maximum absolute atomic E-state index is 9.52. The van der Waals surface area contributed by atoms with Gasteiger partial charge in [0.05, 0.1) is 12.2 Å². The van der Waals surface area contributed by atoms with E-state index in [1.54, 1.807) is 7.11 Å². The summed E-state index contributed by atoms with van der Waals surface area (Å²) in [4.78, 5) is 0. The van der Waals surface area contributed by atoms with Crippen LogP contribution in [0.4, 0.5) is 0 Å². The molecule has 2 nitrogen and oxygen atoms in total. The van der Waals surface area contributed by atoms with E-state index in [0.29, 0.717) is 0 Å². The van der Waals surface area contributed by atoms with Gasteiger partial charge >= 0.3 is 0 Å². The van der Waals surface area contributed by atoms with Gasteiger partial charge in [-0.1, -0.05) is 12.8 Å². The molecule has 0 bridgehead atoms. The van der Waals surface area contributed by atoms with Crippen LogP contribution in [-0.4, -0.2) is 24.4 Å². The molecule has 0 spiro atoms. The van der Waals surface area contributed by atoms with Crippen molar-refractivity contribution in [1.82, 2.24) is 0 Å². The molecule has 3 atom stereocenters. The zero-order valence-corrected chi connectivity index (χ0v) is 7.12. The molecule has 0 aliphatic heterocycles. The van der Waals surface area contributed by atoms with Crippen molar-refractivity contribution in [2.24, 2.45) is 5.92 Å². The summed E-state index contributed by atoms with van der Waals surface area (Å²) < 4.78 is 5.23. The predicted octanol–water partition coefficient (Wildman–Crippen LogP) is 1.39. The molecule has 0 heterocycles. The van der Waals surface area contributed by atoms with Crippen LogP contribution in [0.2, 0.25) is 0 Å². The maximum Gasteiger partial charge on any atom is 0.0624 e. The van der Waals surface area contributed by atoms with Crippen LogP contribution < -0.4 is 0 Å². The van der Waals surface area contributed by atoms with Gasteiger partial charge in [-0.25, -0.2) is 0 Å². The lowest BCUT2D eigenvalue weighted by Crippen LogP contribution is -2.28. The molecule has 1 rings (SSSR count). The van der Waals surface area contributed by atoms with E-state index in [0.717, 1.165) is 25.7 Å². The standard InChI is InChI=1S/C9H17O2/c1-7-8(10)5-3-4-6-9(7)11-2/h7-10H,1,3-6H2,2H3/t7-,8-,9-/m1/s1. The smallest absolute Gasteiger partial charge is 0.0624 e. The first-order valence-corrected chi connectivity index (χ1v) is 4.29. The lowest BCUT2D eigenvalue weighted by molar-refractivity contribution is 0.00949. The molecule has 0 aromatic rings. The van der Waals surface area contributed by atoms with Gasteiger partial charge in [0, 0.05) is 13.0 Å². The van der Waals surface area contributed by atoms with Gasteiger partial charge in [-0.05, 0) is 19.8 Å². The Morgan fingerprint density at radius 1 is 1.36 bits per heavy atom. The summed E-state index contributed by atoms with van der Waals surface area (Å²) in [6, 6.07) is 0. The Morgan fingerprint density at radius 2 is 2.00 bits per heavy atom. The highest BCUT2D eigenvalue weighted by molar-refractivity contribution is 4.82. The maximum atomic E-state index is 9.52. The molecule has 1 N–H and O–H groups in total. The van der Waals surface area contributed by atoms with Crippen molar-refractivity contribution in [3.63, 3.8) is 0 Å². The lowest BCUT2D eigenvalue weighted by atomic mass is 9.97. The Morgan fingerprint density at radius 3 is 2.64 bits per heavy atom. The van der Waals surface area contributed by atoms with Gasteiger partial charge in [-0.3, -0.25) is 0 Å². The molecule has 2 heteroatoms. The quantitative estimate of drug-likeness (QED) is 0.583. The molecule has 1 aliphatic rings. The van der Waals surface area contributed by atoms with E-state index < -0.39 is 0 Å². The highest BCUT2D eigenvalue weighted by Gasteiger charge is 2.26. The molecular weight excluding hydrogens is 140 g/mol. The largest absolute Gasteiger partial charge is 0.393 e. The van der Waals surface area contributed by atoms with Crippen molar-refractivity contribution in [2.45, 2.75) is 37.9 Å². The van der Waals surface area contributed by atoms with Crippen molar-refractivity contribution >= 4 is 0 Å². The first-order chi connectivity index (χ1) is 5.25. The summed E-state index contributed by atoms with van der Waals surface area (Å²) in [6.07, 6.45) is 4.08. The van der Waals surface area contributed by atoms with E-state index >= 15 is 0 Å². The highest BCUT2D eigenvalue weighted by Crippen LogP contribution is 2.24. The van der Waals surface area contributed by atoms with Gasteiger partial charge in [0.25, 0.3) is 0 Å². The number of rotatable bonds is 1. The molecule has 65 valence electrons. The van der Waals surface area contributed by atoms with E-state index in [2.05, 4.69) is 6.92 Å². The van der Waals surface area contributed by atoms with Crippen LogP contribution >= 0.6 is 0 Å². The van der Waals surface area contributed by atoms with Crippen LogP contribution in [0.3, 0.4) is 0 Å². The number of methoxy groups -OCH3 is 1. The second-order valence-electron chi connectivity index (χ2n) is 3.29. The normalized spacial score (nSPS) is 40.1. The minimum Gasteiger partial charge on any atom is -0.393 e. The Hall–Kier alpha value is -0.0800. The molecule has 0 amide bonds. The number of aliphatic hydroxyl groups excluding tert-OH is 1. The third-order valence-electron chi connectivity index (χ3n) is 2.51. The summed E-state index contributed by atoms with van der Waals surface area (Å²) in [5.74, 6) is 0.0579. The van der Waals surface area contributed by atoms with Crippen molar-refractivity contribution in [1.29, 1.82) is 0 Å². The lowest BCUT2D eigenvalue weighted by Gasteiger charge is -2.23. The van der Waals surface area contributed by atoms with Gasteiger partial charge in [0.2, 0.25) is 0 Å². The Kier molecular flexibility index (Phi) is 3.34. The van der Waals surface area contributed by atoms with Crippen molar-refractivity contribution in [3.05, 3.63) is 6.92 Å². The van der Waals surface area contributed by atoms with Crippen LogP contribution in [0.15, 0.2) is 0 Å². The first kappa shape index (κ1) is 9.01. The Labute approximate surface area is 68.6 Å². The third-order valence-corrected chi connectivity index (χ3v) is 2.51. The molecule has 11 heavy (non-hydrogen) atoms. The Balaban J connectivity index is 2.49. The fourth-order valence-electron chi connectivity index (χ4n) is 1.67. The van der Waals surface area contributed by atoms with Crippen LogP contribution in [0.1, 0.15) is 25.7 Å². The minimum atomic E-state index is -0.262. The van der Waals surface area contributed by atoms with Crippen LogP contribution in [0.5, 0.6) is 0 Å². The molecule has 1 saturated carbocycles. The van der Waals surface area contributed by atoms with E-state index in [1.165, 1.54) is 0 Å². The highest BCUT2D eigenvalue weighted by atomic mass is 16.5. The fraction of sp³-hybridized carbons (Fsp3) is 0.889. The summed E-state index contributed by atoms with van der Waals surface area (Å²) in [7, 11) is 1.70. The van der Waals surface area contributed by atoms with Crippen LogP contribution in [-0.2, 0) is 4.74 Å². The number of hydrogen-bond acceptors (Lipinski definition) is 2. The van der Waals surface area contributed by atoms with E-state index in [9.17, 15) is 5.11 Å². The minimum absolute atomic E-state index is 0.0579. The van der Waals surface area contributed by atoms with Gasteiger partial charge in [0.1, 0.15) is 0 Å². The second kappa shape index (κ2) is 4.07. The van der Waals surface area contributed by atoms with E-state index in [4.69, 9.17) is 4.74 Å². The number of ether oxygens (including phenoxy) is 1. The summed E-state index contributed by atoms with van der Waals surface area (Å²) in [5, 5.41) is 9.52.